The van der Waals surface area contributed by atoms with Gasteiger partial charge in [0.2, 0.25) is 0 Å². The van der Waals surface area contributed by atoms with Gasteiger partial charge in [-0.25, -0.2) is 4.79 Å². The van der Waals surface area contributed by atoms with Crippen molar-refractivity contribution in [3.8, 4) is 0 Å². The van der Waals surface area contributed by atoms with E-state index in [-0.39, 0.29) is 11.9 Å². The third-order valence-corrected chi connectivity index (χ3v) is 3.56. The Labute approximate surface area is 113 Å². The van der Waals surface area contributed by atoms with Crippen LogP contribution in [0.5, 0.6) is 0 Å². The highest BCUT2D eigenvalue weighted by molar-refractivity contribution is 5.85. The summed E-state index contributed by atoms with van der Waals surface area (Å²) < 4.78 is 5.59. The molecule has 2 aliphatic rings. The third kappa shape index (κ3) is 3.36. The highest BCUT2D eigenvalue weighted by Crippen LogP contribution is 2.16. The molecule has 2 N–H and O–H groups in total. The average Bonchev–Trinajstić information content (AvgIpc) is 2.75. The Morgan fingerprint density at radius 2 is 2.32 bits per heavy atom. The number of urea groups is 1. The van der Waals surface area contributed by atoms with Crippen LogP contribution in [0.15, 0.2) is 0 Å². The van der Waals surface area contributed by atoms with Crippen LogP contribution >= 0.6 is 0 Å². The summed E-state index contributed by atoms with van der Waals surface area (Å²) in [7, 11) is 1.97. The predicted octanol–water partition coefficient (Wildman–Crippen LogP) is -1.15. The van der Waals surface area contributed by atoms with Gasteiger partial charge in [0.15, 0.2) is 5.60 Å². The van der Waals surface area contributed by atoms with Gasteiger partial charge < -0.3 is 25.2 Å². The van der Waals surface area contributed by atoms with Gasteiger partial charge in [-0.15, -0.1) is 0 Å². The van der Waals surface area contributed by atoms with Gasteiger partial charge in [-0.2, -0.15) is 0 Å². The Hall–Kier alpha value is -1.34. The molecule has 108 valence electrons. The first-order valence-electron chi connectivity index (χ1n) is 6.65. The Bertz CT molecular complexity index is 363. The van der Waals surface area contributed by atoms with Gasteiger partial charge in [0.25, 0.3) is 5.91 Å². The molecular weight excluding hydrogens is 248 g/mol. The van der Waals surface area contributed by atoms with Gasteiger partial charge in [-0.3, -0.25) is 4.79 Å². The SMILES string of the molecule is CN1CCO[C@](C)(C(=O)NCCN2CCNC2=O)C1. The number of amides is 3. The first-order valence-corrected chi connectivity index (χ1v) is 6.65. The lowest BCUT2D eigenvalue weighted by Crippen LogP contribution is -2.57. The molecule has 0 aromatic rings. The lowest BCUT2D eigenvalue weighted by molar-refractivity contribution is -0.155. The van der Waals surface area contributed by atoms with Gasteiger partial charge in [-0.05, 0) is 14.0 Å². The number of likely N-dealkylation sites (N-methyl/N-ethyl adjacent to an activating group) is 1. The lowest BCUT2D eigenvalue weighted by Gasteiger charge is -2.37. The Balaban J connectivity index is 1.76. The fourth-order valence-electron chi connectivity index (χ4n) is 2.42. The molecule has 0 aromatic carbocycles. The molecule has 0 bridgehead atoms. The van der Waals surface area contributed by atoms with Gasteiger partial charge in [0, 0.05) is 39.3 Å². The molecule has 19 heavy (non-hydrogen) atoms. The minimum absolute atomic E-state index is 0.0610. The summed E-state index contributed by atoms with van der Waals surface area (Å²) in [6.45, 7) is 6.16. The number of morpholine rings is 1. The van der Waals surface area contributed by atoms with E-state index in [9.17, 15) is 9.59 Å². The van der Waals surface area contributed by atoms with Crippen LogP contribution in [0.2, 0.25) is 0 Å². The van der Waals surface area contributed by atoms with Crippen molar-refractivity contribution in [3.63, 3.8) is 0 Å². The van der Waals surface area contributed by atoms with E-state index in [0.717, 1.165) is 6.54 Å². The highest BCUT2D eigenvalue weighted by atomic mass is 16.5. The van der Waals surface area contributed by atoms with E-state index < -0.39 is 5.60 Å². The second kappa shape index (κ2) is 5.75. The van der Waals surface area contributed by atoms with Crippen LogP contribution in [0.3, 0.4) is 0 Å². The molecule has 0 aromatic heterocycles. The van der Waals surface area contributed by atoms with Crippen molar-refractivity contribution in [2.24, 2.45) is 0 Å². The summed E-state index contributed by atoms with van der Waals surface area (Å²) in [5.74, 6) is -0.112. The molecule has 0 aliphatic carbocycles. The van der Waals surface area contributed by atoms with Crippen LogP contribution < -0.4 is 10.6 Å². The Morgan fingerprint density at radius 3 is 2.95 bits per heavy atom. The molecule has 2 rings (SSSR count). The van der Waals surface area contributed by atoms with E-state index in [2.05, 4.69) is 15.5 Å². The van der Waals surface area contributed by atoms with Crippen molar-refractivity contribution < 1.29 is 14.3 Å². The highest BCUT2D eigenvalue weighted by Gasteiger charge is 2.38. The van der Waals surface area contributed by atoms with E-state index >= 15 is 0 Å². The van der Waals surface area contributed by atoms with E-state index in [1.165, 1.54) is 0 Å². The van der Waals surface area contributed by atoms with Crippen molar-refractivity contribution in [2.75, 3.05) is 52.9 Å². The van der Waals surface area contributed by atoms with Crippen molar-refractivity contribution in [1.29, 1.82) is 0 Å². The average molecular weight is 270 g/mol. The standard InChI is InChI=1S/C12H22N4O3/c1-12(9-15(2)7-8-19-12)10(17)13-3-5-16-6-4-14-11(16)18/h3-9H2,1-2H3,(H,13,17)(H,14,18)/t12-/m0/s1. The van der Waals surface area contributed by atoms with Crippen LogP contribution in [0.1, 0.15) is 6.92 Å². The van der Waals surface area contributed by atoms with Crippen LogP contribution in [-0.2, 0) is 9.53 Å². The molecule has 3 amide bonds. The minimum Gasteiger partial charge on any atom is -0.363 e. The number of carbonyl (C=O) groups is 2. The van der Waals surface area contributed by atoms with Crippen molar-refractivity contribution >= 4 is 11.9 Å². The van der Waals surface area contributed by atoms with Crippen LogP contribution in [-0.4, -0.2) is 80.3 Å². The fraction of sp³-hybridized carbons (Fsp3) is 0.833. The summed E-state index contributed by atoms with van der Waals surface area (Å²) in [4.78, 5) is 27.2. The monoisotopic (exact) mass is 270 g/mol. The second-order valence-corrected chi connectivity index (χ2v) is 5.29. The van der Waals surface area contributed by atoms with Crippen molar-refractivity contribution in [3.05, 3.63) is 0 Å². The number of nitrogens with zero attached hydrogens (tertiary/aromatic N) is 2. The maximum Gasteiger partial charge on any atom is 0.317 e. The normalized spacial score (nSPS) is 28.3. The van der Waals surface area contributed by atoms with Crippen LogP contribution in [0.4, 0.5) is 4.79 Å². The predicted molar refractivity (Wildman–Crippen MR) is 69.8 cm³/mol. The molecule has 0 radical (unpaired) electrons. The molecule has 2 saturated heterocycles. The molecular formula is C12H22N4O3. The maximum atomic E-state index is 12.1. The summed E-state index contributed by atoms with van der Waals surface area (Å²) >= 11 is 0. The van der Waals surface area contributed by atoms with E-state index in [4.69, 9.17) is 4.74 Å². The summed E-state index contributed by atoms with van der Waals surface area (Å²) in [5.41, 5.74) is -0.791. The van der Waals surface area contributed by atoms with Gasteiger partial charge in [0.05, 0.1) is 6.61 Å². The number of carbonyl (C=O) groups excluding carboxylic acids is 2. The maximum absolute atomic E-state index is 12.1. The minimum atomic E-state index is -0.791. The number of nitrogens with one attached hydrogen (secondary N) is 2. The molecule has 0 spiro atoms. The molecule has 2 fully saturated rings. The smallest absolute Gasteiger partial charge is 0.317 e. The zero-order valence-corrected chi connectivity index (χ0v) is 11.6. The van der Waals surface area contributed by atoms with Gasteiger partial charge in [-0.1, -0.05) is 0 Å². The van der Waals surface area contributed by atoms with E-state index in [1.54, 1.807) is 11.8 Å². The van der Waals surface area contributed by atoms with Crippen molar-refractivity contribution in [2.45, 2.75) is 12.5 Å². The largest absolute Gasteiger partial charge is 0.363 e. The lowest BCUT2D eigenvalue weighted by atomic mass is 10.0. The number of hydrogen-bond donors (Lipinski definition) is 2. The third-order valence-electron chi connectivity index (χ3n) is 3.56. The zero-order chi connectivity index (χ0) is 13.9. The molecule has 2 aliphatic heterocycles. The molecule has 0 unspecified atom stereocenters. The first-order chi connectivity index (χ1) is 9.01. The fourth-order valence-corrected chi connectivity index (χ4v) is 2.42. The van der Waals surface area contributed by atoms with Crippen LogP contribution in [0, 0.1) is 0 Å². The number of rotatable bonds is 4. The van der Waals surface area contributed by atoms with E-state index in [1.807, 2.05) is 7.05 Å². The number of hydrogen-bond acceptors (Lipinski definition) is 4. The molecule has 7 nitrogen and oxygen atoms in total. The van der Waals surface area contributed by atoms with Gasteiger partial charge in [0.1, 0.15) is 0 Å². The molecule has 1 atom stereocenters. The van der Waals surface area contributed by atoms with Crippen molar-refractivity contribution in [1.82, 2.24) is 20.4 Å². The summed E-state index contributed by atoms with van der Waals surface area (Å²) in [6.07, 6.45) is 0. The first kappa shape index (κ1) is 14.1. The molecule has 2 heterocycles. The zero-order valence-electron chi connectivity index (χ0n) is 11.6. The molecule has 7 heteroatoms. The quantitative estimate of drug-likeness (QED) is 0.676. The summed E-state index contributed by atoms with van der Waals surface area (Å²) in [6, 6.07) is -0.0610. The Morgan fingerprint density at radius 1 is 1.53 bits per heavy atom. The van der Waals surface area contributed by atoms with E-state index in [0.29, 0.717) is 39.3 Å². The van der Waals surface area contributed by atoms with Gasteiger partial charge >= 0.3 is 6.03 Å². The second-order valence-electron chi connectivity index (χ2n) is 5.29. The van der Waals surface area contributed by atoms with Crippen LogP contribution in [0.25, 0.3) is 0 Å². The summed E-state index contributed by atoms with van der Waals surface area (Å²) in [5, 5.41) is 5.58. The molecule has 0 saturated carbocycles. The Kier molecular flexibility index (Phi) is 4.26. The number of ether oxygens (including phenoxy) is 1. The topological polar surface area (TPSA) is 73.9 Å².